The molecular formula is C18H20ClN3O3. The second-order valence-electron chi connectivity index (χ2n) is 6.01. The van der Waals surface area contributed by atoms with Crippen LogP contribution in [0.4, 0.5) is 0 Å². The summed E-state index contributed by atoms with van der Waals surface area (Å²) in [5.41, 5.74) is 1.37. The molecule has 2 atom stereocenters. The highest BCUT2D eigenvalue weighted by atomic mass is 35.5. The van der Waals surface area contributed by atoms with Gasteiger partial charge in [0.1, 0.15) is 12.3 Å². The number of nitrogens with zero attached hydrogens (tertiary/aromatic N) is 1. The van der Waals surface area contributed by atoms with Gasteiger partial charge >= 0.3 is 0 Å². The van der Waals surface area contributed by atoms with Crippen LogP contribution in [-0.2, 0) is 4.79 Å². The van der Waals surface area contributed by atoms with Crippen molar-refractivity contribution >= 4 is 23.4 Å². The topological polar surface area (TPSA) is 74.6 Å². The zero-order valence-corrected chi connectivity index (χ0v) is 14.6. The molecule has 1 aliphatic heterocycles. The average molecular weight is 362 g/mol. The molecule has 1 fully saturated rings. The molecule has 0 bridgehead atoms. The first kappa shape index (κ1) is 17.5. The van der Waals surface area contributed by atoms with E-state index in [0.717, 1.165) is 5.56 Å². The number of amides is 2. The Labute approximate surface area is 151 Å². The first-order valence-corrected chi connectivity index (χ1v) is 8.54. The van der Waals surface area contributed by atoms with E-state index in [4.69, 9.17) is 16.0 Å². The molecule has 3 rings (SSSR count). The van der Waals surface area contributed by atoms with Crippen molar-refractivity contribution in [3.05, 3.63) is 59.0 Å². The molecule has 132 valence electrons. The highest BCUT2D eigenvalue weighted by molar-refractivity contribution is 6.30. The fourth-order valence-electron chi connectivity index (χ4n) is 2.96. The summed E-state index contributed by atoms with van der Waals surface area (Å²) in [5.74, 6) is -0.452. The van der Waals surface area contributed by atoms with Gasteiger partial charge in [0.2, 0.25) is 5.91 Å². The molecule has 7 heteroatoms. The number of furan rings is 1. The number of halogens is 1. The fourth-order valence-corrected chi connectivity index (χ4v) is 3.16. The molecule has 2 unspecified atom stereocenters. The molecule has 25 heavy (non-hydrogen) atoms. The van der Waals surface area contributed by atoms with E-state index in [0.29, 0.717) is 30.2 Å². The fraction of sp³-hybridized carbons (Fsp3) is 0.333. The highest BCUT2D eigenvalue weighted by Crippen LogP contribution is 2.25. The number of hydrogen-bond donors (Lipinski definition) is 2. The van der Waals surface area contributed by atoms with Crippen LogP contribution in [0.25, 0.3) is 0 Å². The van der Waals surface area contributed by atoms with Gasteiger partial charge in [0, 0.05) is 24.7 Å². The first-order valence-electron chi connectivity index (χ1n) is 8.16. The predicted octanol–water partition coefficient (Wildman–Crippen LogP) is 2.22. The Bertz CT molecular complexity index is 748. The third-order valence-corrected chi connectivity index (χ3v) is 4.50. The lowest BCUT2D eigenvalue weighted by Crippen LogP contribution is -2.54. The maximum atomic E-state index is 12.9. The molecule has 1 aliphatic rings. The van der Waals surface area contributed by atoms with E-state index in [1.165, 1.54) is 12.5 Å². The Morgan fingerprint density at radius 2 is 2.24 bits per heavy atom. The van der Waals surface area contributed by atoms with E-state index in [2.05, 4.69) is 10.6 Å². The summed E-state index contributed by atoms with van der Waals surface area (Å²) in [7, 11) is 0. The number of carbonyl (C=O) groups is 2. The largest absolute Gasteiger partial charge is 0.472 e. The van der Waals surface area contributed by atoms with Crippen molar-refractivity contribution in [1.82, 2.24) is 15.5 Å². The molecule has 2 N–H and O–H groups in total. The standard InChI is InChI=1S/C18H20ClN3O3/c1-12(21-17(23)14-5-8-25-11-14)18(24)22-7-6-20-10-16(22)13-3-2-4-15(19)9-13/h2-5,8-9,11-12,16,20H,6-7,10H2,1H3,(H,21,23). The van der Waals surface area contributed by atoms with E-state index in [9.17, 15) is 9.59 Å². The number of rotatable bonds is 4. The van der Waals surface area contributed by atoms with Crippen molar-refractivity contribution in [2.75, 3.05) is 19.6 Å². The molecule has 1 saturated heterocycles. The molecule has 1 aromatic heterocycles. The van der Waals surface area contributed by atoms with Crippen LogP contribution in [0.3, 0.4) is 0 Å². The summed E-state index contributed by atoms with van der Waals surface area (Å²) < 4.78 is 4.90. The third kappa shape index (κ3) is 4.03. The number of piperazine rings is 1. The van der Waals surface area contributed by atoms with Gasteiger partial charge in [0.15, 0.2) is 0 Å². The predicted molar refractivity (Wildman–Crippen MR) is 94.4 cm³/mol. The number of hydrogen-bond acceptors (Lipinski definition) is 4. The lowest BCUT2D eigenvalue weighted by molar-refractivity contribution is -0.136. The van der Waals surface area contributed by atoms with Gasteiger partial charge in [0.05, 0.1) is 17.9 Å². The molecule has 2 heterocycles. The van der Waals surface area contributed by atoms with Crippen molar-refractivity contribution in [2.24, 2.45) is 0 Å². The molecule has 1 aromatic carbocycles. The van der Waals surface area contributed by atoms with E-state index in [1.54, 1.807) is 24.0 Å². The third-order valence-electron chi connectivity index (χ3n) is 4.26. The van der Waals surface area contributed by atoms with E-state index in [1.807, 2.05) is 18.2 Å². The Morgan fingerprint density at radius 1 is 1.40 bits per heavy atom. The minimum Gasteiger partial charge on any atom is -0.472 e. The van der Waals surface area contributed by atoms with Gasteiger partial charge in [-0.1, -0.05) is 23.7 Å². The normalized spacial score (nSPS) is 18.6. The van der Waals surface area contributed by atoms with Gasteiger partial charge in [-0.25, -0.2) is 0 Å². The van der Waals surface area contributed by atoms with Crippen LogP contribution in [0.1, 0.15) is 28.9 Å². The second kappa shape index (κ2) is 7.72. The summed E-state index contributed by atoms with van der Waals surface area (Å²) in [6.45, 7) is 3.62. The van der Waals surface area contributed by atoms with Gasteiger partial charge in [0.25, 0.3) is 5.91 Å². The second-order valence-corrected chi connectivity index (χ2v) is 6.45. The molecule has 0 aliphatic carbocycles. The van der Waals surface area contributed by atoms with Crippen molar-refractivity contribution in [1.29, 1.82) is 0 Å². The molecule has 2 amide bonds. The van der Waals surface area contributed by atoms with E-state index < -0.39 is 6.04 Å². The Morgan fingerprint density at radius 3 is 2.96 bits per heavy atom. The summed E-state index contributed by atoms with van der Waals surface area (Å²) in [5, 5.41) is 6.67. The molecule has 0 radical (unpaired) electrons. The van der Waals surface area contributed by atoms with E-state index in [-0.39, 0.29) is 17.9 Å². The monoisotopic (exact) mass is 361 g/mol. The van der Waals surface area contributed by atoms with Gasteiger partial charge in [-0.3, -0.25) is 9.59 Å². The van der Waals surface area contributed by atoms with Gasteiger partial charge in [-0.15, -0.1) is 0 Å². The maximum absolute atomic E-state index is 12.9. The Balaban J connectivity index is 1.73. The molecule has 0 spiro atoms. The van der Waals surface area contributed by atoms with Crippen molar-refractivity contribution in [3.8, 4) is 0 Å². The smallest absolute Gasteiger partial charge is 0.255 e. The number of carbonyl (C=O) groups excluding carboxylic acids is 2. The molecule has 0 saturated carbocycles. The van der Waals surface area contributed by atoms with Gasteiger partial charge in [-0.2, -0.15) is 0 Å². The molecular weight excluding hydrogens is 342 g/mol. The minimum atomic E-state index is -0.637. The Kier molecular flexibility index (Phi) is 5.40. The average Bonchev–Trinajstić information content (AvgIpc) is 3.16. The quantitative estimate of drug-likeness (QED) is 0.875. The highest BCUT2D eigenvalue weighted by Gasteiger charge is 2.31. The van der Waals surface area contributed by atoms with Crippen molar-refractivity contribution < 1.29 is 14.0 Å². The summed E-state index contributed by atoms with van der Waals surface area (Å²) >= 11 is 6.09. The van der Waals surface area contributed by atoms with Crippen LogP contribution in [0.2, 0.25) is 5.02 Å². The van der Waals surface area contributed by atoms with Crippen LogP contribution in [0.15, 0.2) is 47.3 Å². The maximum Gasteiger partial charge on any atom is 0.255 e. The van der Waals surface area contributed by atoms with E-state index >= 15 is 0 Å². The lowest BCUT2D eigenvalue weighted by Gasteiger charge is -2.38. The first-order chi connectivity index (χ1) is 12.1. The summed E-state index contributed by atoms with van der Waals surface area (Å²) in [6.07, 6.45) is 2.78. The van der Waals surface area contributed by atoms with Crippen LogP contribution in [-0.4, -0.2) is 42.4 Å². The molecule has 6 nitrogen and oxygen atoms in total. The van der Waals surface area contributed by atoms with Gasteiger partial charge in [-0.05, 0) is 30.7 Å². The van der Waals surface area contributed by atoms with Crippen molar-refractivity contribution in [3.63, 3.8) is 0 Å². The van der Waals surface area contributed by atoms with Crippen molar-refractivity contribution in [2.45, 2.75) is 19.0 Å². The Hall–Kier alpha value is -2.31. The lowest BCUT2D eigenvalue weighted by atomic mass is 10.0. The summed E-state index contributed by atoms with van der Waals surface area (Å²) in [4.78, 5) is 26.8. The SMILES string of the molecule is CC(NC(=O)c1ccoc1)C(=O)N1CCNCC1c1cccc(Cl)c1. The van der Waals surface area contributed by atoms with Crippen LogP contribution in [0, 0.1) is 0 Å². The van der Waals surface area contributed by atoms with Crippen LogP contribution >= 0.6 is 11.6 Å². The van der Waals surface area contributed by atoms with Crippen LogP contribution in [0.5, 0.6) is 0 Å². The molecule has 2 aromatic rings. The number of nitrogens with one attached hydrogen (secondary N) is 2. The number of benzene rings is 1. The minimum absolute atomic E-state index is 0.117. The zero-order valence-electron chi connectivity index (χ0n) is 13.9. The summed E-state index contributed by atoms with van der Waals surface area (Å²) in [6, 6.07) is 8.31. The zero-order chi connectivity index (χ0) is 17.8. The van der Waals surface area contributed by atoms with Crippen LogP contribution < -0.4 is 10.6 Å². The van der Waals surface area contributed by atoms with Gasteiger partial charge < -0.3 is 20.0 Å².